The molecule has 0 atom stereocenters. The van der Waals surface area contributed by atoms with Crippen LogP contribution < -0.4 is 0 Å². The number of ketones is 1. The van der Waals surface area contributed by atoms with Crippen LogP contribution in [0.15, 0.2) is 35.9 Å². The van der Waals surface area contributed by atoms with Crippen LogP contribution in [0, 0.1) is 0 Å². The van der Waals surface area contributed by atoms with Crippen LogP contribution in [0.4, 0.5) is 0 Å². The Morgan fingerprint density at radius 2 is 2.37 bits per heavy atom. The summed E-state index contributed by atoms with van der Waals surface area (Å²) in [7, 11) is 1.83. The van der Waals surface area contributed by atoms with Gasteiger partial charge >= 0.3 is 0 Å². The van der Waals surface area contributed by atoms with Gasteiger partial charge in [0.1, 0.15) is 11.4 Å². The Morgan fingerprint density at radius 1 is 1.47 bits per heavy atom. The van der Waals surface area contributed by atoms with Crippen molar-refractivity contribution >= 4 is 28.6 Å². The van der Waals surface area contributed by atoms with E-state index in [9.17, 15) is 4.79 Å². The van der Waals surface area contributed by atoms with E-state index in [1.807, 2.05) is 13.1 Å². The first kappa shape index (κ1) is 11.9. The van der Waals surface area contributed by atoms with Crippen molar-refractivity contribution in [2.24, 2.45) is 7.05 Å². The fourth-order valence-electron chi connectivity index (χ4n) is 1.77. The van der Waals surface area contributed by atoms with E-state index < -0.39 is 0 Å². The first-order valence-corrected chi connectivity index (χ1v) is 6.66. The number of Topliss-reactive ketones (excluding diaryl/α,β-unsaturated/α-hetero) is 1. The molecule has 3 aromatic heterocycles. The molecule has 6 nitrogen and oxygen atoms in total. The summed E-state index contributed by atoms with van der Waals surface area (Å²) >= 11 is 1.40. The van der Waals surface area contributed by atoms with Crippen molar-refractivity contribution in [3.05, 3.63) is 36.5 Å². The Balaban J connectivity index is 1.81. The number of hydrogen-bond acceptors (Lipinski definition) is 5. The lowest BCUT2D eigenvalue weighted by Gasteiger charge is -2.01. The van der Waals surface area contributed by atoms with Gasteiger partial charge in [0, 0.05) is 13.2 Å². The molecule has 0 aromatic carbocycles. The molecule has 3 aromatic rings. The molecule has 0 aliphatic rings. The number of nitrogens with zero attached hydrogens (tertiary/aromatic N) is 4. The van der Waals surface area contributed by atoms with Gasteiger partial charge in [-0.15, -0.1) is 0 Å². The molecule has 0 saturated heterocycles. The van der Waals surface area contributed by atoms with E-state index in [-0.39, 0.29) is 5.78 Å². The van der Waals surface area contributed by atoms with Gasteiger partial charge < -0.3 is 4.98 Å². The third-order valence-corrected chi connectivity index (χ3v) is 3.74. The molecule has 3 rings (SSSR count). The zero-order chi connectivity index (χ0) is 13.2. The Kier molecular flexibility index (Phi) is 3.04. The van der Waals surface area contributed by atoms with Crippen LogP contribution in [0.3, 0.4) is 0 Å². The van der Waals surface area contributed by atoms with Crippen LogP contribution in [0.2, 0.25) is 0 Å². The number of aryl methyl sites for hydroxylation is 1. The summed E-state index contributed by atoms with van der Waals surface area (Å²) in [4.78, 5) is 23.2. The van der Waals surface area contributed by atoms with Crippen molar-refractivity contribution in [2.45, 2.75) is 5.03 Å². The third kappa shape index (κ3) is 2.24. The van der Waals surface area contributed by atoms with Crippen molar-refractivity contribution in [1.82, 2.24) is 24.7 Å². The van der Waals surface area contributed by atoms with E-state index in [1.165, 1.54) is 18.1 Å². The standard InChI is InChI=1S/C12H11N5OS/c1-17-11-8(5-16-17)12(15-7-14-11)19-6-10(18)9-3-2-4-13-9/h2-5,7,13H,6H2,1H3. The monoisotopic (exact) mass is 273 g/mol. The van der Waals surface area contributed by atoms with Crippen molar-refractivity contribution in [3.63, 3.8) is 0 Å². The van der Waals surface area contributed by atoms with Gasteiger partial charge in [-0.2, -0.15) is 5.10 Å². The fraction of sp³-hybridized carbons (Fsp3) is 0.167. The van der Waals surface area contributed by atoms with Gasteiger partial charge in [0.2, 0.25) is 0 Å². The molecule has 0 fully saturated rings. The van der Waals surface area contributed by atoms with Crippen LogP contribution >= 0.6 is 11.8 Å². The van der Waals surface area contributed by atoms with Crippen LogP contribution in [-0.4, -0.2) is 36.3 Å². The smallest absolute Gasteiger partial charge is 0.189 e. The first-order valence-electron chi connectivity index (χ1n) is 5.68. The number of carbonyl (C=O) groups excluding carboxylic acids is 1. The molecule has 0 amide bonds. The number of hydrogen-bond donors (Lipinski definition) is 1. The molecule has 96 valence electrons. The highest BCUT2D eigenvalue weighted by molar-refractivity contribution is 8.00. The van der Waals surface area contributed by atoms with Gasteiger partial charge in [0.05, 0.1) is 23.0 Å². The second kappa shape index (κ2) is 4.85. The van der Waals surface area contributed by atoms with Crippen LogP contribution in [-0.2, 0) is 7.05 Å². The Morgan fingerprint density at radius 3 is 3.16 bits per heavy atom. The summed E-state index contributed by atoms with van der Waals surface area (Å²) in [5.74, 6) is 0.382. The van der Waals surface area contributed by atoms with E-state index in [0.717, 1.165) is 16.1 Å². The van der Waals surface area contributed by atoms with Gasteiger partial charge in [0.25, 0.3) is 0 Å². The topological polar surface area (TPSA) is 76.5 Å². The molecule has 0 bridgehead atoms. The molecular weight excluding hydrogens is 262 g/mol. The van der Waals surface area contributed by atoms with Crippen molar-refractivity contribution in [3.8, 4) is 0 Å². The molecule has 0 spiro atoms. The van der Waals surface area contributed by atoms with Crippen molar-refractivity contribution in [1.29, 1.82) is 0 Å². The fourth-order valence-corrected chi connectivity index (χ4v) is 2.62. The van der Waals surface area contributed by atoms with Crippen LogP contribution in [0.5, 0.6) is 0 Å². The molecule has 0 unspecified atom stereocenters. The largest absolute Gasteiger partial charge is 0.359 e. The van der Waals surface area contributed by atoms with Crippen LogP contribution in [0.25, 0.3) is 11.0 Å². The Labute approximate surface area is 113 Å². The number of nitrogens with one attached hydrogen (secondary N) is 1. The minimum Gasteiger partial charge on any atom is -0.359 e. The predicted octanol–water partition coefficient (Wildman–Crippen LogP) is 1.67. The summed E-state index contributed by atoms with van der Waals surface area (Å²) in [6.07, 6.45) is 4.95. The average molecular weight is 273 g/mol. The highest BCUT2D eigenvalue weighted by Gasteiger charge is 2.12. The number of fused-ring (bicyclic) bond motifs is 1. The second-order valence-corrected chi connectivity index (χ2v) is 4.94. The summed E-state index contributed by atoms with van der Waals surface area (Å²) in [5.41, 5.74) is 1.38. The molecule has 1 N–H and O–H groups in total. The maximum absolute atomic E-state index is 11.9. The quantitative estimate of drug-likeness (QED) is 0.444. The van der Waals surface area contributed by atoms with Crippen molar-refractivity contribution < 1.29 is 4.79 Å². The second-order valence-electron chi connectivity index (χ2n) is 3.98. The number of aromatic amines is 1. The molecule has 0 aliphatic heterocycles. The molecule has 7 heteroatoms. The molecule has 0 radical (unpaired) electrons. The molecular formula is C12H11N5OS. The summed E-state index contributed by atoms with van der Waals surface area (Å²) in [5, 5.41) is 5.79. The molecule has 0 aliphatic carbocycles. The summed E-state index contributed by atoms with van der Waals surface area (Å²) < 4.78 is 1.69. The zero-order valence-corrected chi connectivity index (χ0v) is 11.0. The van der Waals surface area contributed by atoms with Crippen LogP contribution in [0.1, 0.15) is 10.5 Å². The number of aromatic nitrogens is 5. The minimum absolute atomic E-state index is 0.0469. The Hall–Kier alpha value is -2.15. The normalized spacial score (nSPS) is 11.0. The average Bonchev–Trinajstić information content (AvgIpc) is 3.07. The minimum atomic E-state index is 0.0469. The van der Waals surface area contributed by atoms with Gasteiger partial charge in [-0.1, -0.05) is 11.8 Å². The molecule has 3 heterocycles. The number of rotatable bonds is 4. The third-order valence-electron chi connectivity index (χ3n) is 2.73. The van der Waals surface area contributed by atoms with Gasteiger partial charge in [-0.25, -0.2) is 9.97 Å². The lowest BCUT2D eigenvalue weighted by Crippen LogP contribution is -2.03. The Bertz CT molecular complexity index is 719. The van der Waals surface area contributed by atoms with E-state index >= 15 is 0 Å². The predicted molar refractivity (Wildman–Crippen MR) is 72.2 cm³/mol. The van der Waals surface area contributed by atoms with Gasteiger partial charge in [0.15, 0.2) is 11.4 Å². The van der Waals surface area contributed by atoms with E-state index in [0.29, 0.717) is 11.4 Å². The number of carbonyl (C=O) groups is 1. The molecule has 19 heavy (non-hydrogen) atoms. The van der Waals surface area contributed by atoms with Gasteiger partial charge in [-0.05, 0) is 12.1 Å². The van der Waals surface area contributed by atoms with E-state index in [2.05, 4.69) is 20.1 Å². The maximum atomic E-state index is 11.9. The zero-order valence-electron chi connectivity index (χ0n) is 10.2. The van der Waals surface area contributed by atoms with E-state index in [1.54, 1.807) is 23.1 Å². The van der Waals surface area contributed by atoms with Gasteiger partial charge in [-0.3, -0.25) is 9.48 Å². The summed E-state index contributed by atoms with van der Waals surface area (Å²) in [6.45, 7) is 0. The van der Waals surface area contributed by atoms with E-state index in [4.69, 9.17) is 0 Å². The maximum Gasteiger partial charge on any atom is 0.189 e. The lowest BCUT2D eigenvalue weighted by atomic mass is 10.3. The number of H-pyrrole nitrogens is 1. The highest BCUT2D eigenvalue weighted by Crippen LogP contribution is 2.24. The highest BCUT2D eigenvalue weighted by atomic mass is 32.2. The van der Waals surface area contributed by atoms with Crippen molar-refractivity contribution in [2.75, 3.05) is 5.75 Å². The SMILES string of the molecule is Cn1ncc2c(SCC(=O)c3ccc[nH]3)ncnc21. The molecule has 0 saturated carbocycles. The lowest BCUT2D eigenvalue weighted by molar-refractivity contribution is 0.101. The summed E-state index contributed by atoms with van der Waals surface area (Å²) in [6, 6.07) is 3.57. The number of thioether (sulfide) groups is 1. The first-order chi connectivity index (χ1) is 9.25.